The van der Waals surface area contributed by atoms with Gasteiger partial charge in [-0.2, -0.15) is 0 Å². The fraction of sp³-hybridized carbons (Fsp3) is 0.368. The molecular weight excluding hydrogens is 274 g/mol. The maximum Gasteiger partial charge on any atom is 0.160 e. The molecule has 1 aliphatic carbocycles. The van der Waals surface area contributed by atoms with Gasteiger partial charge in [0.1, 0.15) is 0 Å². The first-order valence-corrected chi connectivity index (χ1v) is 8.05. The minimum absolute atomic E-state index is 0.0105. The van der Waals surface area contributed by atoms with E-state index in [9.17, 15) is 10.2 Å². The normalized spacial score (nSPS) is 24.0. The summed E-state index contributed by atoms with van der Waals surface area (Å²) < 4.78 is 0. The van der Waals surface area contributed by atoms with Gasteiger partial charge in [-0.1, -0.05) is 36.4 Å². The van der Waals surface area contributed by atoms with Gasteiger partial charge in [-0.25, -0.2) is 0 Å². The predicted octanol–water partition coefficient (Wildman–Crippen LogP) is 3.40. The summed E-state index contributed by atoms with van der Waals surface area (Å²) in [4.78, 5) is 2.58. The van der Waals surface area contributed by atoms with Crippen LogP contribution in [0.2, 0.25) is 0 Å². The summed E-state index contributed by atoms with van der Waals surface area (Å²) in [6.45, 7) is 2.10. The van der Waals surface area contributed by atoms with E-state index < -0.39 is 0 Å². The molecule has 0 aromatic heterocycles. The van der Waals surface area contributed by atoms with Crippen LogP contribution < -0.4 is 0 Å². The van der Waals surface area contributed by atoms with E-state index in [1.54, 1.807) is 6.07 Å². The Morgan fingerprint density at radius 2 is 1.82 bits per heavy atom. The lowest BCUT2D eigenvalue weighted by molar-refractivity contribution is 0.218. The van der Waals surface area contributed by atoms with Crippen molar-refractivity contribution >= 4 is 0 Å². The summed E-state index contributed by atoms with van der Waals surface area (Å²) in [6, 6.07) is 14.8. The third-order valence-electron chi connectivity index (χ3n) is 5.28. The first-order valence-electron chi connectivity index (χ1n) is 8.05. The van der Waals surface area contributed by atoms with E-state index in [2.05, 4.69) is 35.2 Å². The lowest BCUT2D eigenvalue weighted by Gasteiger charge is -2.33. The highest BCUT2D eigenvalue weighted by Gasteiger charge is 2.39. The van der Waals surface area contributed by atoms with Gasteiger partial charge in [0, 0.05) is 24.1 Å². The standard InChI is InChI=1S/C19H21NO2/c21-18-9-7-14-15-10-11-20(12-13-4-2-1-3-5-13)17(15)8-6-16(14)19(18)22/h1-5,7,9,15,17,21-22H,6,8,10-12H2/t15-,17+/m0/s1. The number of rotatable bonds is 2. The van der Waals surface area contributed by atoms with Crippen molar-refractivity contribution < 1.29 is 10.2 Å². The smallest absolute Gasteiger partial charge is 0.160 e. The molecule has 0 radical (unpaired) electrons. The van der Waals surface area contributed by atoms with Gasteiger partial charge in [0.25, 0.3) is 0 Å². The molecule has 0 saturated carbocycles. The Morgan fingerprint density at radius 3 is 2.64 bits per heavy atom. The maximum atomic E-state index is 10.1. The zero-order valence-electron chi connectivity index (χ0n) is 12.6. The second-order valence-corrected chi connectivity index (χ2v) is 6.46. The highest BCUT2D eigenvalue weighted by molar-refractivity contribution is 5.52. The van der Waals surface area contributed by atoms with Crippen LogP contribution in [0, 0.1) is 0 Å². The highest BCUT2D eigenvalue weighted by Crippen LogP contribution is 2.46. The van der Waals surface area contributed by atoms with Crippen LogP contribution in [0.3, 0.4) is 0 Å². The van der Waals surface area contributed by atoms with Crippen molar-refractivity contribution in [3.05, 3.63) is 59.2 Å². The molecule has 0 unspecified atom stereocenters. The van der Waals surface area contributed by atoms with Crippen molar-refractivity contribution in [2.24, 2.45) is 0 Å². The van der Waals surface area contributed by atoms with E-state index in [1.807, 2.05) is 6.07 Å². The molecule has 3 nitrogen and oxygen atoms in total. The van der Waals surface area contributed by atoms with Gasteiger partial charge in [0.05, 0.1) is 0 Å². The second kappa shape index (κ2) is 5.33. The van der Waals surface area contributed by atoms with Crippen molar-refractivity contribution in [1.29, 1.82) is 0 Å². The van der Waals surface area contributed by atoms with E-state index in [0.717, 1.165) is 37.9 Å². The highest BCUT2D eigenvalue weighted by atomic mass is 16.3. The van der Waals surface area contributed by atoms with Gasteiger partial charge >= 0.3 is 0 Å². The fourth-order valence-electron chi connectivity index (χ4n) is 4.22. The molecule has 3 heteroatoms. The Morgan fingerprint density at radius 1 is 1.00 bits per heavy atom. The van der Waals surface area contributed by atoms with Crippen molar-refractivity contribution in [3.63, 3.8) is 0 Å². The fourth-order valence-corrected chi connectivity index (χ4v) is 4.22. The monoisotopic (exact) mass is 295 g/mol. The minimum atomic E-state index is 0.0105. The molecule has 1 saturated heterocycles. The van der Waals surface area contributed by atoms with Crippen LogP contribution in [0.1, 0.15) is 35.4 Å². The van der Waals surface area contributed by atoms with E-state index in [0.29, 0.717) is 12.0 Å². The van der Waals surface area contributed by atoms with Crippen molar-refractivity contribution in [2.45, 2.75) is 37.8 Å². The van der Waals surface area contributed by atoms with Gasteiger partial charge in [-0.05, 0) is 43.0 Å². The molecule has 4 rings (SSSR count). The summed E-state index contributed by atoms with van der Waals surface area (Å²) in [5.74, 6) is 0.591. The lowest BCUT2D eigenvalue weighted by Crippen LogP contribution is -2.34. The van der Waals surface area contributed by atoms with Gasteiger partial charge < -0.3 is 10.2 Å². The number of fused-ring (bicyclic) bond motifs is 3. The largest absolute Gasteiger partial charge is 0.504 e. The summed E-state index contributed by atoms with van der Waals surface area (Å²) in [7, 11) is 0. The molecule has 2 aliphatic rings. The number of hydrogen-bond donors (Lipinski definition) is 2. The topological polar surface area (TPSA) is 43.7 Å². The van der Waals surface area contributed by atoms with Crippen LogP contribution in [-0.2, 0) is 13.0 Å². The third kappa shape index (κ3) is 2.17. The molecule has 2 N–H and O–H groups in total. The number of hydrogen-bond acceptors (Lipinski definition) is 3. The van der Waals surface area contributed by atoms with Crippen LogP contribution >= 0.6 is 0 Å². The van der Waals surface area contributed by atoms with E-state index in [4.69, 9.17) is 0 Å². The quantitative estimate of drug-likeness (QED) is 0.835. The van der Waals surface area contributed by atoms with E-state index in [-0.39, 0.29) is 11.5 Å². The molecule has 2 aromatic rings. The van der Waals surface area contributed by atoms with Crippen molar-refractivity contribution in [2.75, 3.05) is 6.54 Å². The number of aromatic hydroxyl groups is 2. The first kappa shape index (κ1) is 13.6. The maximum absolute atomic E-state index is 10.1. The molecule has 22 heavy (non-hydrogen) atoms. The molecule has 0 amide bonds. The second-order valence-electron chi connectivity index (χ2n) is 6.46. The Balaban J connectivity index is 1.60. The zero-order valence-corrected chi connectivity index (χ0v) is 12.6. The minimum Gasteiger partial charge on any atom is -0.504 e. The Labute approximate surface area is 130 Å². The Bertz CT molecular complexity index is 683. The van der Waals surface area contributed by atoms with Crippen LogP contribution in [0.4, 0.5) is 0 Å². The molecule has 0 spiro atoms. The molecule has 2 aromatic carbocycles. The van der Waals surface area contributed by atoms with Crippen molar-refractivity contribution in [1.82, 2.24) is 4.90 Å². The number of phenols is 2. The van der Waals surface area contributed by atoms with Gasteiger partial charge in [0.2, 0.25) is 0 Å². The number of benzene rings is 2. The average molecular weight is 295 g/mol. The molecule has 0 bridgehead atoms. The van der Waals surface area contributed by atoms with Crippen LogP contribution in [-0.4, -0.2) is 27.7 Å². The predicted molar refractivity (Wildman–Crippen MR) is 86.1 cm³/mol. The van der Waals surface area contributed by atoms with Crippen LogP contribution in [0.25, 0.3) is 0 Å². The van der Waals surface area contributed by atoms with Gasteiger partial charge in [-0.15, -0.1) is 0 Å². The van der Waals surface area contributed by atoms with Gasteiger partial charge in [0.15, 0.2) is 11.5 Å². The summed E-state index contributed by atoms with van der Waals surface area (Å²) in [5.41, 5.74) is 3.56. The Hall–Kier alpha value is -2.00. The van der Waals surface area contributed by atoms with Crippen LogP contribution in [0.15, 0.2) is 42.5 Å². The molecule has 1 aliphatic heterocycles. The van der Waals surface area contributed by atoms with E-state index in [1.165, 1.54) is 11.1 Å². The Kier molecular flexibility index (Phi) is 3.30. The summed E-state index contributed by atoms with van der Waals surface area (Å²) in [5, 5.41) is 19.8. The van der Waals surface area contributed by atoms with Crippen LogP contribution in [0.5, 0.6) is 11.5 Å². The molecule has 2 atom stereocenters. The number of likely N-dealkylation sites (tertiary alicyclic amines) is 1. The number of nitrogens with zero attached hydrogens (tertiary/aromatic N) is 1. The zero-order chi connectivity index (χ0) is 15.1. The molecular formula is C19H21NO2. The van der Waals surface area contributed by atoms with Crippen molar-refractivity contribution in [3.8, 4) is 11.5 Å². The summed E-state index contributed by atoms with van der Waals surface area (Å²) in [6.07, 6.45) is 3.04. The first-order chi connectivity index (χ1) is 10.7. The number of phenolic OH excluding ortho intramolecular Hbond substituents is 2. The third-order valence-corrected chi connectivity index (χ3v) is 5.28. The van der Waals surface area contributed by atoms with Gasteiger partial charge in [-0.3, -0.25) is 4.90 Å². The SMILES string of the molecule is Oc1ccc2c(c1O)CC[C@@H]1[C@H]2CCN1Cc1ccccc1. The van der Waals surface area contributed by atoms with E-state index >= 15 is 0 Å². The lowest BCUT2D eigenvalue weighted by atomic mass is 9.79. The summed E-state index contributed by atoms with van der Waals surface area (Å²) >= 11 is 0. The molecule has 1 fully saturated rings. The average Bonchev–Trinajstić information content (AvgIpc) is 2.95. The molecule has 114 valence electrons. The molecule has 1 heterocycles.